The van der Waals surface area contributed by atoms with Gasteiger partial charge in [-0.25, -0.2) is 0 Å². The van der Waals surface area contributed by atoms with Crippen molar-refractivity contribution in [1.82, 2.24) is 0 Å². The molecule has 1 aromatic carbocycles. The maximum Gasteiger partial charge on any atom is 0.172 e. The lowest BCUT2D eigenvalue weighted by Gasteiger charge is -2.31. The second-order valence-corrected chi connectivity index (χ2v) is 4.46. The molecular weight excluding hydrogens is 258 g/mol. The highest BCUT2D eigenvalue weighted by Crippen LogP contribution is 2.27. The lowest BCUT2D eigenvalue weighted by Crippen LogP contribution is -2.37. The van der Waals surface area contributed by atoms with Crippen molar-refractivity contribution in [3.63, 3.8) is 0 Å². The number of nitrogens with two attached hydrogens (primary N) is 1. The first-order valence-corrected chi connectivity index (χ1v) is 6.50. The van der Waals surface area contributed by atoms with E-state index in [1.807, 2.05) is 13.0 Å². The summed E-state index contributed by atoms with van der Waals surface area (Å²) in [6, 6.07) is 5.60. The molecule has 6 nitrogen and oxygen atoms in total. The fraction of sp³-hybridized carbons (Fsp3) is 0.500. The minimum atomic E-state index is 0.0747. The number of amidine groups is 1. The number of hydrogen-bond acceptors (Lipinski definition) is 5. The van der Waals surface area contributed by atoms with E-state index in [1.54, 1.807) is 26.4 Å². The van der Waals surface area contributed by atoms with E-state index in [9.17, 15) is 0 Å². The van der Waals surface area contributed by atoms with Crippen LogP contribution >= 0.6 is 0 Å². The maximum atomic E-state index is 8.92. The van der Waals surface area contributed by atoms with Gasteiger partial charge in [0.15, 0.2) is 5.84 Å². The topological polar surface area (TPSA) is 80.3 Å². The van der Waals surface area contributed by atoms with Gasteiger partial charge in [-0.3, -0.25) is 0 Å². The first kappa shape index (κ1) is 16.1. The second kappa shape index (κ2) is 7.59. The highest BCUT2D eigenvalue weighted by atomic mass is 16.5. The molecule has 20 heavy (non-hydrogen) atoms. The van der Waals surface area contributed by atoms with Crippen LogP contribution in [-0.4, -0.2) is 44.5 Å². The first-order chi connectivity index (χ1) is 9.58. The quantitative estimate of drug-likeness (QED) is 0.344. The lowest BCUT2D eigenvalue weighted by molar-refractivity contribution is 0.182. The molecular formula is C14H23N3O3. The van der Waals surface area contributed by atoms with Crippen molar-refractivity contribution in [2.45, 2.75) is 19.9 Å². The van der Waals surface area contributed by atoms with Crippen LogP contribution in [-0.2, 0) is 4.74 Å². The summed E-state index contributed by atoms with van der Waals surface area (Å²) in [5, 5.41) is 12.0. The minimum Gasteiger partial charge on any atom is -0.497 e. The number of nitrogens with zero attached hydrogens (tertiary/aromatic N) is 2. The van der Waals surface area contributed by atoms with Crippen LogP contribution in [0.4, 0.5) is 5.69 Å². The number of hydrogen-bond donors (Lipinski definition) is 2. The lowest BCUT2D eigenvalue weighted by atomic mass is 10.1. The van der Waals surface area contributed by atoms with Crippen LogP contribution in [0.2, 0.25) is 0 Å². The van der Waals surface area contributed by atoms with Crippen molar-refractivity contribution < 1.29 is 14.7 Å². The molecule has 0 heterocycles. The van der Waals surface area contributed by atoms with E-state index >= 15 is 0 Å². The van der Waals surface area contributed by atoms with Crippen molar-refractivity contribution in [2.24, 2.45) is 10.9 Å². The predicted octanol–water partition coefficient (Wildman–Crippen LogP) is 1.65. The second-order valence-electron chi connectivity index (χ2n) is 4.46. The third-order valence-corrected chi connectivity index (χ3v) is 3.18. The van der Waals surface area contributed by atoms with Crippen LogP contribution in [0.3, 0.4) is 0 Å². The van der Waals surface area contributed by atoms with Crippen molar-refractivity contribution in [2.75, 3.05) is 32.3 Å². The van der Waals surface area contributed by atoms with Crippen LogP contribution in [0.25, 0.3) is 0 Å². The largest absolute Gasteiger partial charge is 0.497 e. The zero-order valence-corrected chi connectivity index (χ0v) is 12.5. The van der Waals surface area contributed by atoms with Gasteiger partial charge in [0.05, 0.1) is 19.4 Å². The summed E-state index contributed by atoms with van der Waals surface area (Å²) >= 11 is 0. The van der Waals surface area contributed by atoms with Crippen LogP contribution in [0, 0.1) is 0 Å². The van der Waals surface area contributed by atoms with Gasteiger partial charge in [-0.1, -0.05) is 5.16 Å². The van der Waals surface area contributed by atoms with Crippen LogP contribution in [0.15, 0.2) is 23.4 Å². The summed E-state index contributed by atoms with van der Waals surface area (Å²) in [6.45, 7) is 5.45. The number of ether oxygens (including phenoxy) is 2. The standard InChI is InChI=1S/C14H23N3O3/c1-5-17(10(2)9-19-3)13-8-11(20-4)6-7-12(13)14(15)16-18/h6-8,10,18H,5,9H2,1-4H3,(H2,15,16). The van der Waals surface area contributed by atoms with Gasteiger partial charge in [0.1, 0.15) is 5.75 Å². The molecule has 0 saturated heterocycles. The minimum absolute atomic E-state index is 0.0747. The number of rotatable bonds is 7. The zero-order valence-electron chi connectivity index (χ0n) is 12.5. The normalized spacial score (nSPS) is 13.1. The van der Waals surface area contributed by atoms with Gasteiger partial charge in [0.2, 0.25) is 0 Å². The molecule has 1 aromatic rings. The highest BCUT2D eigenvalue weighted by Gasteiger charge is 2.18. The van der Waals surface area contributed by atoms with E-state index in [-0.39, 0.29) is 11.9 Å². The molecule has 0 aromatic heterocycles. The fourth-order valence-electron chi connectivity index (χ4n) is 2.20. The molecule has 1 unspecified atom stereocenters. The van der Waals surface area contributed by atoms with E-state index in [0.29, 0.717) is 12.2 Å². The highest BCUT2D eigenvalue weighted by molar-refractivity contribution is 6.02. The van der Waals surface area contributed by atoms with Gasteiger partial charge in [-0.05, 0) is 26.0 Å². The van der Waals surface area contributed by atoms with Crippen molar-refractivity contribution in [3.05, 3.63) is 23.8 Å². The molecule has 6 heteroatoms. The molecule has 1 rings (SSSR count). The van der Waals surface area contributed by atoms with Gasteiger partial charge in [0.25, 0.3) is 0 Å². The Labute approximate surface area is 119 Å². The molecule has 0 fully saturated rings. The Balaban J connectivity index is 3.29. The monoisotopic (exact) mass is 281 g/mol. The summed E-state index contributed by atoms with van der Waals surface area (Å²) in [6.07, 6.45) is 0. The van der Waals surface area contributed by atoms with Crippen LogP contribution in [0.1, 0.15) is 19.4 Å². The average molecular weight is 281 g/mol. The molecule has 0 saturated carbocycles. The number of benzene rings is 1. The number of likely N-dealkylation sites (N-methyl/N-ethyl adjacent to an activating group) is 1. The Kier molecular flexibility index (Phi) is 6.11. The van der Waals surface area contributed by atoms with Crippen molar-refractivity contribution in [3.8, 4) is 5.75 Å². The zero-order chi connectivity index (χ0) is 15.1. The van der Waals surface area contributed by atoms with Crippen LogP contribution in [0.5, 0.6) is 5.75 Å². The summed E-state index contributed by atoms with van der Waals surface area (Å²) < 4.78 is 10.5. The Morgan fingerprint density at radius 3 is 2.65 bits per heavy atom. The van der Waals surface area contributed by atoms with Gasteiger partial charge in [-0.15, -0.1) is 0 Å². The smallest absolute Gasteiger partial charge is 0.172 e. The fourth-order valence-corrected chi connectivity index (χ4v) is 2.20. The average Bonchev–Trinajstić information content (AvgIpc) is 2.47. The van der Waals surface area contributed by atoms with Crippen molar-refractivity contribution in [1.29, 1.82) is 0 Å². The Morgan fingerprint density at radius 2 is 2.15 bits per heavy atom. The SMILES string of the molecule is CCN(c1cc(OC)ccc1/C(N)=N/O)C(C)COC. The van der Waals surface area contributed by atoms with Crippen LogP contribution < -0.4 is 15.4 Å². The third kappa shape index (κ3) is 3.54. The summed E-state index contributed by atoms with van der Waals surface area (Å²) in [4.78, 5) is 2.12. The van der Waals surface area contributed by atoms with Gasteiger partial charge in [-0.2, -0.15) is 0 Å². The molecule has 3 N–H and O–H groups in total. The molecule has 0 radical (unpaired) electrons. The molecule has 112 valence electrons. The van der Waals surface area contributed by atoms with Gasteiger partial charge in [0, 0.05) is 31.3 Å². The molecule has 0 amide bonds. The van der Waals surface area contributed by atoms with Gasteiger partial charge < -0.3 is 25.3 Å². The summed E-state index contributed by atoms with van der Waals surface area (Å²) in [5.41, 5.74) is 7.27. The van der Waals surface area contributed by atoms with E-state index in [0.717, 1.165) is 18.0 Å². The first-order valence-electron chi connectivity index (χ1n) is 6.50. The molecule has 0 aliphatic carbocycles. The Bertz CT molecular complexity index is 463. The number of anilines is 1. The summed E-state index contributed by atoms with van der Waals surface area (Å²) in [7, 11) is 3.28. The van der Waals surface area contributed by atoms with E-state index in [1.165, 1.54) is 0 Å². The Morgan fingerprint density at radius 1 is 1.45 bits per heavy atom. The number of methoxy groups -OCH3 is 2. The summed E-state index contributed by atoms with van der Waals surface area (Å²) in [5.74, 6) is 0.795. The maximum absolute atomic E-state index is 8.92. The van der Waals surface area contributed by atoms with E-state index in [4.69, 9.17) is 20.4 Å². The predicted molar refractivity (Wildman–Crippen MR) is 79.9 cm³/mol. The van der Waals surface area contributed by atoms with Crippen molar-refractivity contribution >= 4 is 11.5 Å². The molecule has 1 atom stereocenters. The Hall–Kier alpha value is -1.95. The molecule has 0 spiro atoms. The third-order valence-electron chi connectivity index (χ3n) is 3.18. The molecule has 0 aliphatic rings. The van der Waals surface area contributed by atoms with Gasteiger partial charge >= 0.3 is 0 Å². The number of oxime groups is 1. The van der Waals surface area contributed by atoms with E-state index in [2.05, 4.69) is 17.0 Å². The molecule has 0 bridgehead atoms. The molecule has 0 aliphatic heterocycles. The van der Waals surface area contributed by atoms with E-state index < -0.39 is 0 Å².